The van der Waals surface area contributed by atoms with Crippen LogP contribution in [0, 0.1) is 5.92 Å². The fourth-order valence-electron chi connectivity index (χ4n) is 0.865. The third-order valence-electron chi connectivity index (χ3n) is 1.59. The first-order valence-electron chi connectivity index (χ1n) is 3.69. The number of hydrogen-bond donors (Lipinski definition) is 3. The van der Waals surface area contributed by atoms with Gasteiger partial charge in [-0.1, -0.05) is 6.92 Å². The van der Waals surface area contributed by atoms with Gasteiger partial charge in [-0.2, -0.15) is 0 Å². The van der Waals surface area contributed by atoms with Crippen molar-refractivity contribution in [2.75, 3.05) is 13.6 Å². The number of nitrogens with one attached hydrogen (secondary N) is 1. The highest BCUT2D eigenvalue weighted by atomic mass is 16.3. The molecule has 4 heteroatoms. The van der Waals surface area contributed by atoms with Crippen molar-refractivity contribution in [3.8, 4) is 0 Å². The minimum Gasteiger partial charge on any atom is -0.392 e. The maximum atomic E-state index is 10.4. The molecule has 0 aromatic rings. The van der Waals surface area contributed by atoms with Crippen molar-refractivity contribution >= 4 is 5.91 Å². The second-order valence-corrected chi connectivity index (χ2v) is 2.77. The van der Waals surface area contributed by atoms with Gasteiger partial charge in [-0.05, 0) is 19.5 Å². The maximum absolute atomic E-state index is 10.4. The van der Waals surface area contributed by atoms with Crippen LogP contribution in [0.5, 0.6) is 0 Å². The van der Waals surface area contributed by atoms with Gasteiger partial charge in [0.25, 0.3) is 0 Å². The topological polar surface area (TPSA) is 75.3 Å². The average molecular weight is 160 g/mol. The zero-order chi connectivity index (χ0) is 8.85. The summed E-state index contributed by atoms with van der Waals surface area (Å²) in [5.41, 5.74) is 4.91. The second kappa shape index (κ2) is 5.09. The standard InChI is InChI=1S/C7H16N2O2/c1-5(4-9-2)6(10)3-7(8)11/h5-6,9-10H,3-4H2,1-2H3,(H2,8,11)/t5-,6+/m1/s1. The predicted molar refractivity (Wildman–Crippen MR) is 42.9 cm³/mol. The van der Waals surface area contributed by atoms with Crippen molar-refractivity contribution in [3.05, 3.63) is 0 Å². The molecule has 0 aliphatic carbocycles. The molecule has 0 aromatic heterocycles. The summed E-state index contributed by atoms with van der Waals surface area (Å²) in [6.07, 6.45) is -0.581. The summed E-state index contributed by atoms with van der Waals surface area (Å²) in [5, 5.41) is 12.2. The molecule has 0 rings (SSSR count). The molecule has 66 valence electrons. The minimum atomic E-state index is -0.625. The van der Waals surface area contributed by atoms with Crippen LogP contribution in [0.15, 0.2) is 0 Å². The van der Waals surface area contributed by atoms with E-state index in [-0.39, 0.29) is 12.3 Å². The van der Waals surface area contributed by atoms with Gasteiger partial charge in [0.2, 0.25) is 5.91 Å². The summed E-state index contributed by atoms with van der Waals surface area (Å²) >= 11 is 0. The lowest BCUT2D eigenvalue weighted by Gasteiger charge is -2.16. The Labute approximate surface area is 66.8 Å². The molecule has 0 radical (unpaired) electrons. The zero-order valence-corrected chi connectivity index (χ0v) is 7.00. The number of primary amides is 1. The monoisotopic (exact) mass is 160 g/mol. The first-order chi connectivity index (χ1) is 5.07. The van der Waals surface area contributed by atoms with Crippen molar-refractivity contribution in [2.45, 2.75) is 19.4 Å². The quantitative estimate of drug-likeness (QED) is 0.487. The molecular formula is C7H16N2O2. The molecule has 0 heterocycles. The lowest BCUT2D eigenvalue weighted by atomic mass is 10.0. The summed E-state index contributed by atoms with van der Waals surface area (Å²) in [4.78, 5) is 10.4. The summed E-state index contributed by atoms with van der Waals surface area (Å²) < 4.78 is 0. The molecular weight excluding hydrogens is 144 g/mol. The predicted octanol–water partition coefficient (Wildman–Crippen LogP) is -0.922. The molecule has 0 aliphatic rings. The Morgan fingerprint density at radius 3 is 2.64 bits per heavy atom. The number of nitrogens with two attached hydrogens (primary N) is 1. The Hall–Kier alpha value is -0.610. The van der Waals surface area contributed by atoms with Crippen LogP contribution in [0.3, 0.4) is 0 Å². The number of carbonyl (C=O) groups excluding carboxylic acids is 1. The molecule has 0 spiro atoms. The van der Waals surface area contributed by atoms with Gasteiger partial charge in [0.15, 0.2) is 0 Å². The third-order valence-corrected chi connectivity index (χ3v) is 1.59. The number of aliphatic hydroxyl groups excluding tert-OH is 1. The lowest BCUT2D eigenvalue weighted by Crippen LogP contribution is -2.31. The van der Waals surface area contributed by atoms with E-state index in [1.165, 1.54) is 0 Å². The number of amides is 1. The third kappa shape index (κ3) is 4.75. The van der Waals surface area contributed by atoms with E-state index in [0.29, 0.717) is 6.54 Å². The zero-order valence-electron chi connectivity index (χ0n) is 7.00. The van der Waals surface area contributed by atoms with Crippen LogP contribution in [0.4, 0.5) is 0 Å². The maximum Gasteiger partial charge on any atom is 0.220 e. The van der Waals surface area contributed by atoms with Crippen LogP contribution in [0.25, 0.3) is 0 Å². The molecule has 0 unspecified atom stereocenters. The van der Waals surface area contributed by atoms with Crippen LogP contribution in [0.1, 0.15) is 13.3 Å². The smallest absolute Gasteiger partial charge is 0.220 e. The number of rotatable bonds is 5. The molecule has 0 aliphatic heterocycles. The van der Waals surface area contributed by atoms with E-state index in [1.807, 2.05) is 6.92 Å². The SMILES string of the molecule is CNC[C@@H](C)[C@@H](O)CC(N)=O. The van der Waals surface area contributed by atoms with E-state index in [2.05, 4.69) is 5.32 Å². The van der Waals surface area contributed by atoms with Crippen molar-refractivity contribution in [1.29, 1.82) is 0 Å². The van der Waals surface area contributed by atoms with Gasteiger partial charge in [-0.3, -0.25) is 4.79 Å². The van der Waals surface area contributed by atoms with Gasteiger partial charge >= 0.3 is 0 Å². The van der Waals surface area contributed by atoms with E-state index in [4.69, 9.17) is 5.73 Å². The highest BCUT2D eigenvalue weighted by molar-refractivity contribution is 5.74. The summed E-state index contributed by atoms with van der Waals surface area (Å²) in [6.45, 7) is 2.55. The normalized spacial score (nSPS) is 15.9. The van der Waals surface area contributed by atoms with E-state index in [0.717, 1.165) is 0 Å². The number of hydrogen-bond acceptors (Lipinski definition) is 3. The van der Waals surface area contributed by atoms with Crippen LogP contribution in [-0.4, -0.2) is 30.7 Å². The molecule has 4 nitrogen and oxygen atoms in total. The van der Waals surface area contributed by atoms with E-state index >= 15 is 0 Å². The lowest BCUT2D eigenvalue weighted by molar-refractivity contribution is -0.120. The Morgan fingerprint density at radius 1 is 1.73 bits per heavy atom. The van der Waals surface area contributed by atoms with Crippen molar-refractivity contribution < 1.29 is 9.90 Å². The van der Waals surface area contributed by atoms with Gasteiger partial charge < -0.3 is 16.2 Å². The van der Waals surface area contributed by atoms with Crippen LogP contribution in [0.2, 0.25) is 0 Å². The molecule has 0 saturated heterocycles. The molecule has 2 atom stereocenters. The largest absolute Gasteiger partial charge is 0.392 e. The van der Waals surface area contributed by atoms with E-state index < -0.39 is 12.0 Å². The summed E-state index contributed by atoms with van der Waals surface area (Å²) in [5.74, 6) is -0.395. The Morgan fingerprint density at radius 2 is 2.27 bits per heavy atom. The molecule has 11 heavy (non-hydrogen) atoms. The first-order valence-corrected chi connectivity index (χ1v) is 3.69. The van der Waals surface area contributed by atoms with Crippen molar-refractivity contribution in [2.24, 2.45) is 11.7 Å². The Bertz CT molecular complexity index is 128. The molecule has 1 amide bonds. The minimum absolute atomic E-state index is 0.0445. The number of carbonyl (C=O) groups is 1. The van der Waals surface area contributed by atoms with Gasteiger partial charge in [0.05, 0.1) is 12.5 Å². The van der Waals surface area contributed by atoms with E-state index in [1.54, 1.807) is 7.05 Å². The fraction of sp³-hybridized carbons (Fsp3) is 0.857. The summed E-state index contributed by atoms with van der Waals surface area (Å²) in [6, 6.07) is 0. The average Bonchev–Trinajstić information content (AvgIpc) is 1.86. The fourth-order valence-corrected chi connectivity index (χ4v) is 0.865. The van der Waals surface area contributed by atoms with Crippen LogP contribution >= 0.6 is 0 Å². The summed E-state index contributed by atoms with van der Waals surface area (Å²) in [7, 11) is 1.80. The van der Waals surface area contributed by atoms with Gasteiger partial charge in [-0.25, -0.2) is 0 Å². The van der Waals surface area contributed by atoms with Crippen molar-refractivity contribution in [3.63, 3.8) is 0 Å². The number of aliphatic hydroxyl groups is 1. The molecule has 0 saturated carbocycles. The van der Waals surface area contributed by atoms with Crippen LogP contribution < -0.4 is 11.1 Å². The molecule has 0 bridgehead atoms. The highest BCUT2D eigenvalue weighted by Crippen LogP contribution is 2.04. The van der Waals surface area contributed by atoms with Gasteiger partial charge in [-0.15, -0.1) is 0 Å². The van der Waals surface area contributed by atoms with Crippen LogP contribution in [-0.2, 0) is 4.79 Å². The Kier molecular flexibility index (Phi) is 4.81. The van der Waals surface area contributed by atoms with E-state index in [9.17, 15) is 9.90 Å². The highest BCUT2D eigenvalue weighted by Gasteiger charge is 2.15. The second-order valence-electron chi connectivity index (χ2n) is 2.77. The Balaban J connectivity index is 3.63. The van der Waals surface area contributed by atoms with Gasteiger partial charge in [0.1, 0.15) is 0 Å². The molecule has 0 fully saturated rings. The molecule has 4 N–H and O–H groups in total. The first kappa shape index (κ1) is 10.4. The van der Waals surface area contributed by atoms with Crippen molar-refractivity contribution in [1.82, 2.24) is 5.32 Å². The van der Waals surface area contributed by atoms with Gasteiger partial charge in [0, 0.05) is 0 Å². The molecule has 0 aromatic carbocycles.